The maximum atomic E-state index is 12.1. The van der Waals surface area contributed by atoms with Crippen molar-refractivity contribution in [2.45, 2.75) is 19.4 Å². The molecule has 3 aromatic rings. The van der Waals surface area contributed by atoms with Crippen molar-refractivity contribution in [2.75, 3.05) is 0 Å². The van der Waals surface area contributed by atoms with Crippen molar-refractivity contribution >= 4 is 28.6 Å². The van der Waals surface area contributed by atoms with Gasteiger partial charge in [0.15, 0.2) is 0 Å². The number of aromatic nitrogens is 1. The van der Waals surface area contributed by atoms with E-state index in [1.54, 1.807) is 43.5 Å². The molecule has 0 aliphatic carbocycles. The van der Waals surface area contributed by atoms with Gasteiger partial charge in [-0.15, -0.1) is 0 Å². The van der Waals surface area contributed by atoms with Crippen LogP contribution in [0.1, 0.15) is 22.8 Å². The van der Waals surface area contributed by atoms with Gasteiger partial charge in [-0.1, -0.05) is 36.4 Å². The topological polar surface area (TPSA) is 103 Å². The maximum Gasteiger partial charge on any atom is 0.260 e. The molecule has 0 bridgehead atoms. The smallest absolute Gasteiger partial charge is 0.260 e. The average molecular weight is 364 g/mol. The maximum absolute atomic E-state index is 12.1. The molecule has 27 heavy (non-hydrogen) atoms. The standard InChI is InChI=1S/C20H20N4O3/c1-13(22-20(27)14-7-3-2-4-8-14)19(26)24-23-18(25)11-15-12-21-17-10-6-5-9-16(15)17/h2-10,12-13,21H,11H2,1H3,(H,22,27)(H,23,25)(H,24,26). The fourth-order valence-electron chi connectivity index (χ4n) is 2.67. The van der Waals surface area contributed by atoms with Crippen LogP contribution in [0.2, 0.25) is 0 Å². The van der Waals surface area contributed by atoms with Crippen LogP contribution < -0.4 is 16.2 Å². The predicted molar refractivity (Wildman–Crippen MR) is 102 cm³/mol. The summed E-state index contributed by atoms with van der Waals surface area (Å²) >= 11 is 0. The third-order valence-electron chi connectivity index (χ3n) is 4.13. The van der Waals surface area contributed by atoms with Crippen molar-refractivity contribution < 1.29 is 14.4 Å². The minimum atomic E-state index is -0.800. The van der Waals surface area contributed by atoms with Gasteiger partial charge in [-0.05, 0) is 30.7 Å². The van der Waals surface area contributed by atoms with E-state index in [1.165, 1.54) is 0 Å². The van der Waals surface area contributed by atoms with Crippen molar-refractivity contribution in [2.24, 2.45) is 0 Å². The number of hydrogen-bond donors (Lipinski definition) is 4. The molecule has 4 N–H and O–H groups in total. The Hall–Kier alpha value is -3.61. The number of aromatic amines is 1. The molecule has 0 aliphatic heterocycles. The van der Waals surface area contributed by atoms with Gasteiger partial charge in [0.25, 0.3) is 11.8 Å². The molecule has 1 aromatic heterocycles. The fourth-order valence-corrected chi connectivity index (χ4v) is 2.67. The number of H-pyrrole nitrogens is 1. The Morgan fingerprint density at radius 2 is 1.67 bits per heavy atom. The minimum absolute atomic E-state index is 0.120. The Bertz CT molecular complexity index is 966. The highest BCUT2D eigenvalue weighted by Gasteiger charge is 2.17. The number of carbonyl (C=O) groups is 3. The summed E-state index contributed by atoms with van der Waals surface area (Å²) in [5, 5.41) is 3.54. The normalized spacial score (nSPS) is 11.6. The van der Waals surface area contributed by atoms with Gasteiger partial charge in [0, 0.05) is 22.7 Å². The Kier molecular flexibility index (Phi) is 5.51. The fraction of sp³-hybridized carbons (Fsp3) is 0.150. The van der Waals surface area contributed by atoms with Gasteiger partial charge < -0.3 is 10.3 Å². The van der Waals surface area contributed by atoms with Crippen molar-refractivity contribution in [1.82, 2.24) is 21.2 Å². The van der Waals surface area contributed by atoms with Gasteiger partial charge in [0.1, 0.15) is 6.04 Å². The van der Waals surface area contributed by atoms with Gasteiger partial charge in [-0.25, -0.2) is 0 Å². The van der Waals surface area contributed by atoms with Crippen LogP contribution in [-0.2, 0) is 16.0 Å². The van der Waals surface area contributed by atoms with E-state index in [0.717, 1.165) is 16.5 Å². The molecule has 1 unspecified atom stereocenters. The molecule has 1 heterocycles. The molecular weight excluding hydrogens is 344 g/mol. The highest BCUT2D eigenvalue weighted by Crippen LogP contribution is 2.17. The van der Waals surface area contributed by atoms with E-state index >= 15 is 0 Å². The quantitative estimate of drug-likeness (QED) is 0.518. The number of hydrazine groups is 1. The summed E-state index contributed by atoms with van der Waals surface area (Å²) in [7, 11) is 0. The second-order valence-corrected chi connectivity index (χ2v) is 6.13. The van der Waals surface area contributed by atoms with E-state index in [2.05, 4.69) is 21.2 Å². The summed E-state index contributed by atoms with van der Waals surface area (Å²) in [6, 6.07) is 15.5. The summed E-state index contributed by atoms with van der Waals surface area (Å²) in [5.41, 5.74) is 6.95. The lowest BCUT2D eigenvalue weighted by Gasteiger charge is -2.14. The Labute approximate surface area is 156 Å². The third-order valence-corrected chi connectivity index (χ3v) is 4.13. The molecule has 0 saturated carbocycles. The van der Waals surface area contributed by atoms with E-state index < -0.39 is 11.9 Å². The van der Waals surface area contributed by atoms with E-state index in [9.17, 15) is 14.4 Å². The van der Waals surface area contributed by atoms with Crippen LogP contribution >= 0.6 is 0 Å². The first-order chi connectivity index (χ1) is 13.0. The number of carbonyl (C=O) groups excluding carboxylic acids is 3. The number of hydrogen-bond acceptors (Lipinski definition) is 3. The summed E-state index contributed by atoms with van der Waals surface area (Å²) in [5.74, 6) is -1.22. The zero-order valence-electron chi connectivity index (χ0n) is 14.8. The van der Waals surface area contributed by atoms with Crippen molar-refractivity contribution in [3.8, 4) is 0 Å². The molecule has 7 nitrogen and oxygen atoms in total. The van der Waals surface area contributed by atoms with E-state index in [4.69, 9.17) is 0 Å². The van der Waals surface area contributed by atoms with Gasteiger partial charge in [-0.2, -0.15) is 0 Å². The number of benzene rings is 2. The first kappa shape index (κ1) is 18.2. The number of nitrogens with one attached hydrogen (secondary N) is 4. The lowest BCUT2D eigenvalue weighted by Crippen LogP contribution is -2.51. The van der Waals surface area contributed by atoms with Crippen LogP contribution in [0.5, 0.6) is 0 Å². The van der Waals surface area contributed by atoms with Crippen LogP contribution in [0.3, 0.4) is 0 Å². The minimum Gasteiger partial charge on any atom is -0.361 e. The van der Waals surface area contributed by atoms with Crippen LogP contribution in [-0.4, -0.2) is 28.7 Å². The van der Waals surface area contributed by atoms with Crippen LogP contribution in [0.15, 0.2) is 60.8 Å². The number of para-hydroxylation sites is 1. The van der Waals surface area contributed by atoms with E-state index in [0.29, 0.717) is 5.56 Å². The average Bonchev–Trinajstić information content (AvgIpc) is 3.09. The molecule has 138 valence electrons. The first-order valence-electron chi connectivity index (χ1n) is 8.54. The second-order valence-electron chi connectivity index (χ2n) is 6.13. The van der Waals surface area contributed by atoms with Crippen LogP contribution in [0.25, 0.3) is 10.9 Å². The lowest BCUT2D eigenvalue weighted by molar-refractivity contribution is -0.129. The third kappa shape index (κ3) is 4.52. The molecule has 0 fully saturated rings. The molecule has 0 saturated heterocycles. The molecule has 0 spiro atoms. The van der Waals surface area contributed by atoms with Crippen LogP contribution in [0, 0.1) is 0 Å². The number of fused-ring (bicyclic) bond motifs is 1. The summed E-state index contributed by atoms with van der Waals surface area (Å²) < 4.78 is 0. The second kappa shape index (κ2) is 8.18. The zero-order chi connectivity index (χ0) is 19.2. The summed E-state index contributed by atoms with van der Waals surface area (Å²) in [6.07, 6.45) is 1.89. The largest absolute Gasteiger partial charge is 0.361 e. The zero-order valence-corrected chi connectivity index (χ0v) is 14.8. The van der Waals surface area contributed by atoms with Gasteiger partial charge in [-0.3, -0.25) is 25.2 Å². The van der Waals surface area contributed by atoms with Crippen LogP contribution in [0.4, 0.5) is 0 Å². The summed E-state index contributed by atoms with van der Waals surface area (Å²) in [6.45, 7) is 1.54. The Morgan fingerprint density at radius 3 is 2.44 bits per heavy atom. The van der Waals surface area contributed by atoms with Crippen molar-refractivity contribution in [3.63, 3.8) is 0 Å². The molecule has 2 aromatic carbocycles. The SMILES string of the molecule is CC(NC(=O)c1ccccc1)C(=O)NNC(=O)Cc1c[nH]c2ccccc12. The van der Waals surface area contributed by atoms with Gasteiger partial charge in [0.05, 0.1) is 6.42 Å². The molecule has 7 heteroatoms. The molecule has 3 rings (SSSR count). The highest BCUT2D eigenvalue weighted by molar-refractivity contribution is 5.97. The molecule has 0 radical (unpaired) electrons. The first-order valence-corrected chi connectivity index (χ1v) is 8.54. The number of amides is 3. The van der Waals surface area contributed by atoms with E-state index in [-0.39, 0.29) is 18.2 Å². The van der Waals surface area contributed by atoms with E-state index in [1.807, 2.05) is 24.3 Å². The summed E-state index contributed by atoms with van der Waals surface area (Å²) in [4.78, 5) is 39.3. The molecular formula is C20H20N4O3. The molecule has 1 atom stereocenters. The number of rotatable bonds is 5. The molecule has 0 aliphatic rings. The van der Waals surface area contributed by atoms with Crippen molar-refractivity contribution in [1.29, 1.82) is 0 Å². The predicted octanol–water partition coefficient (Wildman–Crippen LogP) is 1.68. The monoisotopic (exact) mass is 364 g/mol. The Morgan fingerprint density at radius 1 is 0.963 bits per heavy atom. The van der Waals surface area contributed by atoms with Gasteiger partial charge >= 0.3 is 0 Å². The van der Waals surface area contributed by atoms with Gasteiger partial charge in [0.2, 0.25) is 5.91 Å². The highest BCUT2D eigenvalue weighted by atomic mass is 16.2. The molecule has 3 amide bonds. The van der Waals surface area contributed by atoms with Crippen molar-refractivity contribution in [3.05, 3.63) is 71.9 Å². The lowest BCUT2D eigenvalue weighted by atomic mass is 10.1. The Balaban J connectivity index is 1.49.